The van der Waals surface area contributed by atoms with Gasteiger partial charge in [-0.15, -0.1) is 5.69 Å². The Morgan fingerprint density at radius 3 is 2.30 bits per heavy atom. The summed E-state index contributed by atoms with van der Waals surface area (Å²) in [5, 5.41) is 13.5. The van der Waals surface area contributed by atoms with E-state index in [4.69, 9.17) is 5.73 Å². The number of carbonyl (C=O) groups is 1. The third kappa shape index (κ3) is 4.47. The van der Waals surface area contributed by atoms with Crippen LogP contribution >= 0.6 is 0 Å². The summed E-state index contributed by atoms with van der Waals surface area (Å²) in [5.74, 6) is -0.638. The quantitative estimate of drug-likeness (QED) is 0.509. The molecule has 9 heteroatoms. The molecule has 0 radical (unpaired) electrons. The number of hydrogen-bond donors (Lipinski definition) is 3. The van der Waals surface area contributed by atoms with Gasteiger partial charge in [0.25, 0.3) is 16.0 Å². The molecule has 0 saturated heterocycles. The molecule has 0 fully saturated rings. The molecule has 1 amide bonds. The second-order valence-electron chi connectivity index (χ2n) is 5.81. The molecule has 134 valence electrons. The van der Waals surface area contributed by atoms with E-state index in [9.17, 15) is 22.9 Å². The first-order valence-corrected chi connectivity index (χ1v) is 8.97. The van der Waals surface area contributed by atoms with Crippen LogP contribution < -0.4 is 5.32 Å². The van der Waals surface area contributed by atoms with E-state index in [2.05, 4.69) is 5.32 Å². The van der Waals surface area contributed by atoms with Crippen molar-refractivity contribution in [2.24, 2.45) is 0 Å². The fourth-order valence-corrected chi connectivity index (χ4v) is 3.13. The van der Waals surface area contributed by atoms with Crippen molar-refractivity contribution >= 4 is 38.2 Å². The second kappa shape index (κ2) is 7.94. The molecule has 7 nitrogen and oxygen atoms in total. The molecular weight excluding hydrogens is 445 g/mol. The van der Waals surface area contributed by atoms with Crippen LogP contribution in [0.4, 0.5) is 11.4 Å². The van der Waals surface area contributed by atoms with Gasteiger partial charge in [-0.3, -0.25) is 9.35 Å². The second-order valence-corrected chi connectivity index (χ2v) is 7.23. The first-order chi connectivity index (χ1) is 12.2. The van der Waals surface area contributed by atoms with Crippen LogP contribution in [0.5, 0.6) is 5.75 Å². The Morgan fingerprint density at radius 1 is 1.07 bits per heavy atom. The van der Waals surface area contributed by atoms with Gasteiger partial charge in [0, 0.05) is 10.9 Å². The fraction of sp³-hybridized carbons (Fsp3) is 0.0556. The van der Waals surface area contributed by atoms with Crippen molar-refractivity contribution in [1.29, 1.82) is 0 Å². The van der Waals surface area contributed by atoms with Crippen LogP contribution in [0, 0.1) is 6.92 Å². The van der Waals surface area contributed by atoms with Gasteiger partial charge in [-0.25, -0.2) is 0 Å². The molecule has 3 aromatic carbocycles. The minimum absolute atomic E-state index is 0. The van der Waals surface area contributed by atoms with Crippen molar-refractivity contribution in [2.75, 3.05) is 5.32 Å². The first kappa shape index (κ1) is 21.3. The SMILES string of the molecule is Cc1ccc2cc(S(=O)(=O)O)cc(NC(=O)c3ccc([NH-])cc3)c2c1O.[Y+3]. The molecule has 3 rings (SSSR count). The van der Waals surface area contributed by atoms with Gasteiger partial charge in [0.2, 0.25) is 0 Å². The standard InChI is InChI=1S/C18H16N2O5S.Y/c1-10-2-3-12-8-14(26(23,24)25)9-15(16(12)17(10)21)20-18(22)11-4-6-13(19)7-5-11;/h2-9H,1H3,(H5,19,20,21,22,23,24,25);/q;+3/p-1. The molecule has 0 aliphatic carbocycles. The number of benzene rings is 3. The van der Waals surface area contributed by atoms with Crippen molar-refractivity contribution in [2.45, 2.75) is 11.8 Å². The maximum absolute atomic E-state index is 12.5. The number of rotatable bonds is 3. The van der Waals surface area contributed by atoms with Gasteiger partial charge in [0.15, 0.2) is 0 Å². The number of amides is 1. The zero-order chi connectivity index (χ0) is 19.1. The maximum atomic E-state index is 12.5. The Hall–Kier alpha value is -2.00. The van der Waals surface area contributed by atoms with E-state index < -0.39 is 20.9 Å². The largest absolute Gasteiger partial charge is 3.00 e. The monoisotopic (exact) mass is 460 g/mol. The minimum Gasteiger partial charge on any atom is -0.699 e. The van der Waals surface area contributed by atoms with Crippen LogP contribution in [0.3, 0.4) is 0 Å². The van der Waals surface area contributed by atoms with E-state index in [1.165, 1.54) is 30.3 Å². The molecule has 0 atom stereocenters. The number of aryl methyl sites for hydroxylation is 1. The molecule has 0 aliphatic heterocycles. The summed E-state index contributed by atoms with van der Waals surface area (Å²) in [6, 6.07) is 11.3. The smallest absolute Gasteiger partial charge is 0.699 e. The molecule has 27 heavy (non-hydrogen) atoms. The van der Waals surface area contributed by atoms with Gasteiger partial charge in [-0.05, 0) is 30.0 Å². The zero-order valence-corrected chi connectivity index (χ0v) is 17.9. The van der Waals surface area contributed by atoms with Gasteiger partial charge in [-0.1, -0.05) is 36.4 Å². The average molecular weight is 460 g/mol. The van der Waals surface area contributed by atoms with Crippen molar-refractivity contribution in [3.63, 3.8) is 0 Å². The van der Waals surface area contributed by atoms with E-state index in [-0.39, 0.29) is 60.8 Å². The summed E-state index contributed by atoms with van der Waals surface area (Å²) in [6.45, 7) is 1.67. The zero-order valence-electron chi connectivity index (χ0n) is 14.2. The van der Waals surface area contributed by atoms with Crippen molar-refractivity contribution in [1.82, 2.24) is 0 Å². The maximum Gasteiger partial charge on any atom is 3.00 e. The predicted octanol–water partition coefficient (Wildman–Crippen LogP) is 4.03. The van der Waals surface area contributed by atoms with Crippen LogP contribution in [-0.4, -0.2) is 24.0 Å². The summed E-state index contributed by atoms with van der Waals surface area (Å²) in [7, 11) is -4.50. The third-order valence-corrected chi connectivity index (χ3v) is 4.79. The van der Waals surface area contributed by atoms with Crippen LogP contribution in [0.15, 0.2) is 53.4 Å². The van der Waals surface area contributed by atoms with Gasteiger partial charge < -0.3 is 16.2 Å². The number of nitrogens with one attached hydrogen (secondary N) is 2. The molecule has 0 spiro atoms. The first-order valence-electron chi connectivity index (χ1n) is 7.53. The van der Waals surface area contributed by atoms with E-state index in [0.717, 1.165) is 6.07 Å². The predicted molar refractivity (Wildman–Crippen MR) is 98.5 cm³/mol. The van der Waals surface area contributed by atoms with E-state index in [0.29, 0.717) is 10.9 Å². The fourth-order valence-electron chi connectivity index (χ4n) is 2.59. The van der Waals surface area contributed by atoms with Crippen molar-refractivity contribution < 1.29 is 55.6 Å². The van der Waals surface area contributed by atoms with Crippen molar-refractivity contribution in [3.8, 4) is 5.75 Å². The normalized spacial score (nSPS) is 11.0. The third-order valence-electron chi connectivity index (χ3n) is 3.96. The molecule has 0 heterocycles. The number of hydrogen-bond acceptors (Lipinski definition) is 4. The molecule has 0 aliphatic rings. The number of anilines is 1. The van der Waals surface area contributed by atoms with Crippen LogP contribution in [0.2, 0.25) is 0 Å². The molecule has 0 aromatic heterocycles. The number of phenolic OH excluding ortho intramolecular Hbond substituents is 1. The van der Waals surface area contributed by atoms with E-state index in [1.807, 2.05) is 0 Å². The van der Waals surface area contributed by atoms with Gasteiger partial charge in [0.1, 0.15) is 5.75 Å². The Balaban J connectivity index is 0.00000261. The molecule has 3 aromatic rings. The van der Waals surface area contributed by atoms with E-state index >= 15 is 0 Å². The molecule has 0 saturated carbocycles. The Kier molecular flexibility index (Phi) is 6.26. The van der Waals surface area contributed by atoms with Crippen LogP contribution in [0.1, 0.15) is 15.9 Å². The van der Waals surface area contributed by atoms with Gasteiger partial charge >= 0.3 is 32.7 Å². The molecule has 4 N–H and O–H groups in total. The number of carbonyl (C=O) groups excluding carboxylic acids is 1. The number of fused-ring (bicyclic) bond motifs is 1. The summed E-state index contributed by atoms with van der Waals surface area (Å²) < 4.78 is 32.4. The number of aromatic hydroxyl groups is 1. The Bertz CT molecular complexity index is 1130. The average Bonchev–Trinajstić information content (AvgIpc) is 2.57. The summed E-state index contributed by atoms with van der Waals surface area (Å²) in [4.78, 5) is 12.1. The van der Waals surface area contributed by atoms with Crippen LogP contribution in [-0.2, 0) is 42.8 Å². The summed E-state index contributed by atoms with van der Waals surface area (Å²) in [6.07, 6.45) is 0. The minimum atomic E-state index is -4.50. The molecular formula is C18H15N2O5SY+2. The van der Waals surface area contributed by atoms with E-state index in [1.54, 1.807) is 19.1 Å². The summed E-state index contributed by atoms with van der Waals surface area (Å²) in [5.41, 5.74) is 8.56. The Morgan fingerprint density at radius 2 is 1.70 bits per heavy atom. The topological polar surface area (TPSA) is 128 Å². The Labute approximate surface area is 181 Å². The summed E-state index contributed by atoms with van der Waals surface area (Å²) >= 11 is 0. The van der Waals surface area contributed by atoms with Gasteiger partial charge in [-0.2, -0.15) is 8.42 Å². The van der Waals surface area contributed by atoms with Crippen molar-refractivity contribution in [3.05, 3.63) is 65.4 Å². The molecule has 0 bridgehead atoms. The number of phenols is 1. The molecule has 0 unspecified atom stereocenters. The van der Waals surface area contributed by atoms with Gasteiger partial charge in [0.05, 0.1) is 10.6 Å². The van der Waals surface area contributed by atoms with Crippen LogP contribution in [0.25, 0.3) is 16.5 Å².